The SMILES string of the molecule is O=C(O)c1ccc(COCC2CCCC2)c(Cl)c1. The largest absolute Gasteiger partial charge is 0.478 e. The molecule has 2 rings (SSSR count). The van der Waals surface area contributed by atoms with Crippen LogP contribution in [0.3, 0.4) is 0 Å². The van der Waals surface area contributed by atoms with Crippen molar-refractivity contribution in [3.05, 3.63) is 34.3 Å². The maximum Gasteiger partial charge on any atom is 0.335 e. The van der Waals surface area contributed by atoms with Crippen molar-refractivity contribution >= 4 is 17.6 Å². The Hall–Kier alpha value is -1.06. The Balaban J connectivity index is 1.87. The summed E-state index contributed by atoms with van der Waals surface area (Å²) in [4.78, 5) is 10.8. The van der Waals surface area contributed by atoms with Gasteiger partial charge in [0.25, 0.3) is 0 Å². The molecule has 0 saturated heterocycles. The van der Waals surface area contributed by atoms with Gasteiger partial charge in [-0.1, -0.05) is 30.5 Å². The molecule has 1 aromatic carbocycles. The molecule has 4 heteroatoms. The Labute approximate surface area is 112 Å². The van der Waals surface area contributed by atoms with Crippen LogP contribution in [0.5, 0.6) is 0 Å². The lowest BCUT2D eigenvalue weighted by molar-refractivity contribution is 0.0696. The molecule has 0 amide bonds. The third-order valence-electron chi connectivity index (χ3n) is 3.39. The van der Waals surface area contributed by atoms with Crippen molar-refractivity contribution in [3.8, 4) is 0 Å². The van der Waals surface area contributed by atoms with Crippen LogP contribution >= 0.6 is 11.6 Å². The number of aromatic carboxylic acids is 1. The molecule has 0 bridgehead atoms. The Bertz CT molecular complexity index is 425. The highest BCUT2D eigenvalue weighted by Gasteiger charge is 2.15. The molecule has 1 saturated carbocycles. The van der Waals surface area contributed by atoms with E-state index in [1.807, 2.05) is 0 Å². The van der Waals surface area contributed by atoms with E-state index in [1.54, 1.807) is 12.1 Å². The quantitative estimate of drug-likeness (QED) is 0.885. The number of halogens is 1. The molecule has 98 valence electrons. The minimum atomic E-state index is -0.963. The molecule has 18 heavy (non-hydrogen) atoms. The summed E-state index contributed by atoms with van der Waals surface area (Å²) in [6.07, 6.45) is 5.13. The second kappa shape index (κ2) is 6.21. The lowest BCUT2D eigenvalue weighted by Gasteiger charge is -2.11. The van der Waals surface area contributed by atoms with Gasteiger partial charge in [-0.05, 0) is 36.5 Å². The van der Waals surface area contributed by atoms with Crippen molar-refractivity contribution in [3.63, 3.8) is 0 Å². The minimum absolute atomic E-state index is 0.208. The van der Waals surface area contributed by atoms with Crippen molar-refractivity contribution in [1.82, 2.24) is 0 Å². The molecular weight excluding hydrogens is 252 g/mol. The molecule has 1 aliphatic rings. The van der Waals surface area contributed by atoms with Crippen LogP contribution in [-0.4, -0.2) is 17.7 Å². The van der Waals surface area contributed by atoms with Gasteiger partial charge in [-0.15, -0.1) is 0 Å². The van der Waals surface area contributed by atoms with Crippen LogP contribution in [0.15, 0.2) is 18.2 Å². The Morgan fingerprint density at radius 1 is 1.39 bits per heavy atom. The summed E-state index contributed by atoms with van der Waals surface area (Å²) in [6, 6.07) is 4.75. The molecule has 0 aliphatic heterocycles. The van der Waals surface area contributed by atoms with Gasteiger partial charge < -0.3 is 9.84 Å². The lowest BCUT2D eigenvalue weighted by Crippen LogP contribution is -2.06. The zero-order chi connectivity index (χ0) is 13.0. The number of ether oxygens (including phenoxy) is 1. The fourth-order valence-corrected chi connectivity index (χ4v) is 2.55. The second-order valence-corrected chi connectivity index (χ2v) is 5.18. The van der Waals surface area contributed by atoms with Gasteiger partial charge in [0.2, 0.25) is 0 Å². The van der Waals surface area contributed by atoms with E-state index in [4.69, 9.17) is 21.4 Å². The number of hydrogen-bond donors (Lipinski definition) is 1. The van der Waals surface area contributed by atoms with Crippen molar-refractivity contribution in [2.75, 3.05) is 6.61 Å². The van der Waals surface area contributed by atoms with E-state index in [-0.39, 0.29) is 5.56 Å². The highest BCUT2D eigenvalue weighted by atomic mass is 35.5. The molecule has 0 atom stereocenters. The normalized spacial score (nSPS) is 16.1. The van der Waals surface area contributed by atoms with Crippen molar-refractivity contribution in [2.24, 2.45) is 5.92 Å². The first kappa shape index (κ1) is 13.4. The Morgan fingerprint density at radius 3 is 2.72 bits per heavy atom. The first-order valence-electron chi connectivity index (χ1n) is 6.26. The first-order valence-corrected chi connectivity index (χ1v) is 6.64. The average Bonchev–Trinajstić information content (AvgIpc) is 2.84. The summed E-state index contributed by atoms with van der Waals surface area (Å²) in [6.45, 7) is 1.23. The van der Waals surface area contributed by atoms with E-state index in [0.29, 0.717) is 17.5 Å². The summed E-state index contributed by atoms with van der Waals surface area (Å²) in [5, 5.41) is 9.29. The molecule has 0 aromatic heterocycles. The van der Waals surface area contributed by atoms with E-state index in [2.05, 4.69) is 0 Å². The highest BCUT2D eigenvalue weighted by Crippen LogP contribution is 2.25. The number of carboxylic acid groups (broad SMARTS) is 1. The molecule has 1 N–H and O–H groups in total. The Kier molecular flexibility index (Phi) is 4.61. The van der Waals surface area contributed by atoms with Crippen molar-refractivity contribution in [2.45, 2.75) is 32.3 Å². The molecule has 1 fully saturated rings. The fraction of sp³-hybridized carbons (Fsp3) is 0.500. The number of hydrogen-bond acceptors (Lipinski definition) is 2. The standard InChI is InChI=1S/C14H17ClO3/c15-13-7-11(14(16)17)5-6-12(13)9-18-8-10-3-1-2-4-10/h5-7,10H,1-4,8-9H2,(H,16,17). The van der Waals surface area contributed by atoms with Gasteiger partial charge in [-0.2, -0.15) is 0 Å². The van der Waals surface area contributed by atoms with E-state index >= 15 is 0 Å². The van der Waals surface area contributed by atoms with Crippen molar-refractivity contribution in [1.29, 1.82) is 0 Å². The monoisotopic (exact) mass is 268 g/mol. The summed E-state index contributed by atoms with van der Waals surface area (Å²) >= 11 is 6.03. The van der Waals surface area contributed by atoms with E-state index < -0.39 is 5.97 Å². The van der Waals surface area contributed by atoms with Gasteiger partial charge in [0.15, 0.2) is 0 Å². The average molecular weight is 269 g/mol. The molecule has 1 aromatic rings. The van der Waals surface area contributed by atoms with Crippen molar-refractivity contribution < 1.29 is 14.6 Å². The smallest absolute Gasteiger partial charge is 0.335 e. The molecular formula is C14H17ClO3. The predicted molar refractivity (Wildman–Crippen MR) is 70.0 cm³/mol. The topological polar surface area (TPSA) is 46.5 Å². The third-order valence-corrected chi connectivity index (χ3v) is 3.74. The van der Waals surface area contributed by atoms with Gasteiger partial charge >= 0.3 is 5.97 Å². The molecule has 1 aliphatic carbocycles. The maximum atomic E-state index is 10.8. The lowest BCUT2D eigenvalue weighted by atomic mass is 10.1. The van der Waals surface area contributed by atoms with Crippen LogP contribution in [0, 0.1) is 5.92 Å². The minimum Gasteiger partial charge on any atom is -0.478 e. The summed E-state index contributed by atoms with van der Waals surface area (Å²) in [5.41, 5.74) is 1.05. The van der Waals surface area contributed by atoms with Crippen LogP contribution in [0.4, 0.5) is 0 Å². The number of carboxylic acids is 1. The highest BCUT2D eigenvalue weighted by molar-refractivity contribution is 6.31. The zero-order valence-corrected chi connectivity index (χ0v) is 10.9. The van der Waals surface area contributed by atoms with Gasteiger partial charge in [0, 0.05) is 11.6 Å². The summed E-state index contributed by atoms with van der Waals surface area (Å²) < 4.78 is 5.65. The van der Waals surface area contributed by atoms with Crippen LogP contribution in [0.2, 0.25) is 5.02 Å². The first-order chi connectivity index (χ1) is 8.66. The molecule has 0 radical (unpaired) electrons. The molecule has 0 unspecified atom stereocenters. The van der Waals surface area contributed by atoms with Gasteiger partial charge in [-0.3, -0.25) is 0 Å². The van der Waals surface area contributed by atoms with Crippen LogP contribution in [0.1, 0.15) is 41.6 Å². The van der Waals surface area contributed by atoms with E-state index in [9.17, 15) is 4.79 Å². The van der Waals surface area contributed by atoms with Gasteiger partial charge in [-0.25, -0.2) is 4.79 Å². The third kappa shape index (κ3) is 3.47. The van der Waals surface area contributed by atoms with Crippen LogP contribution in [-0.2, 0) is 11.3 Å². The predicted octanol–water partition coefficient (Wildman–Crippen LogP) is 3.75. The molecule has 3 nitrogen and oxygen atoms in total. The summed E-state index contributed by atoms with van der Waals surface area (Å²) in [5.74, 6) is -0.280. The number of benzene rings is 1. The molecule has 0 heterocycles. The number of carbonyl (C=O) groups is 1. The van der Waals surface area contributed by atoms with E-state index in [1.165, 1.54) is 31.7 Å². The molecule has 0 spiro atoms. The fourth-order valence-electron chi connectivity index (χ4n) is 2.31. The number of rotatable bonds is 5. The van der Waals surface area contributed by atoms with Gasteiger partial charge in [0.05, 0.1) is 12.2 Å². The van der Waals surface area contributed by atoms with Crippen LogP contribution in [0.25, 0.3) is 0 Å². The second-order valence-electron chi connectivity index (χ2n) is 4.78. The van der Waals surface area contributed by atoms with Crippen LogP contribution < -0.4 is 0 Å². The van der Waals surface area contributed by atoms with Gasteiger partial charge in [0.1, 0.15) is 0 Å². The zero-order valence-electron chi connectivity index (χ0n) is 10.2. The summed E-state index contributed by atoms with van der Waals surface area (Å²) in [7, 11) is 0. The Morgan fingerprint density at radius 2 is 2.11 bits per heavy atom. The maximum absolute atomic E-state index is 10.8. The van der Waals surface area contributed by atoms with E-state index in [0.717, 1.165) is 12.2 Å².